The van der Waals surface area contributed by atoms with Gasteiger partial charge in [0.15, 0.2) is 5.78 Å². The number of carboxylic acid groups (broad SMARTS) is 1. The zero-order chi connectivity index (χ0) is 23.1. The van der Waals surface area contributed by atoms with Gasteiger partial charge in [-0.25, -0.2) is 9.59 Å². The number of benzene rings is 1. The van der Waals surface area contributed by atoms with E-state index in [4.69, 9.17) is 14.6 Å². The quantitative estimate of drug-likeness (QED) is 0.262. The predicted molar refractivity (Wildman–Crippen MR) is 103 cm³/mol. The molecule has 0 aliphatic rings. The first-order valence-electron chi connectivity index (χ1n) is 8.96. The van der Waals surface area contributed by atoms with E-state index >= 15 is 0 Å². The minimum atomic E-state index is -1.56. The summed E-state index contributed by atoms with van der Waals surface area (Å²) in [4.78, 5) is 56.8. The van der Waals surface area contributed by atoms with Crippen LogP contribution in [-0.4, -0.2) is 52.1 Å². The SMILES string of the molecule is CC(=O)c1ccc(CCOC(=O)C[C@H](NC(=O)OC(C)(C)C)C(=O)O)c([N+](=O)[O-])c1. The van der Waals surface area contributed by atoms with Gasteiger partial charge in [-0.3, -0.25) is 19.7 Å². The number of aliphatic carboxylic acids is 1. The smallest absolute Gasteiger partial charge is 0.408 e. The van der Waals surface area contributed by atoms with Gasteiger partial charge in [0.05, 0.1) is 18.0 Å². The summed E-state index contributed by atoms with van der Waals surface area (Å²) in [5, 5.41) is 22.4. The Bertz CT molecular complexity index is 843. The Morgan fingerprint density at radius 1 is 1.23 bits per heavy atom. The van der Waals surface area contributed by atoms with Crippen LogP contribution in [0.1, 0.15) is 50.0 Å². The summed E-state index contributed by atoms with van der Waals surface area (Å²) in [5.74, 6) is -2.69. The zero-order valence-corrected chi connectivity index (χ0v) is 17.1. The van der Waals surface area contributed by atoms with Gasteiger partial charge in [-0.2, -0.15) is 0 Å². The van der Waals surface area contributed by atoms with Crippen molar-refractivity contribution in [1.29, 1.82) is 0 Å². The summed E-state index contributed by atoms with van der Waals surface area (Å²) < 4.78 is 9.89. The Balaban J connectivity index is 2.67. The topological polar surface area (TPSA) is 162 Å². The van der Waals surface area contributed by atoms with Gasteiger partial charge >= 0.3 is 18.0 Å². The highest BCUT2D eigenvalue weighted by Gasteiger charge is 2.27. The first-order valence-corrected chi connectivity index (χ1v) is 8.96. The normalized spacial score (nSPS) is 11.9. The predicted octanol–water partition coefficient (Wildman–Crippen LogP) is 2.25. The number of alkyl carbamates (subject to hydrolysis) is 1. The second-order valence-corrected chi connectivity index (χ2v) is 7.37. The minimum Gasteiger partial charge on any atom is -0.480 e. The molecule has 30 heavy (non-hydrogen) atoms. The minimum absolute atomic E-state index is 0.0164. The van der Waals surface area contributed by atoms with Gasteiger partial charge in [-0.15, -0.1) is 0 Å². The number of carboxylic acids is 1. The Hall–Kier alpha value is -3.50. The van der Waals surface area contributed by atoms with E-state index in [2.05, 4.69) is 5.32 Å². The Labute approximate surface area is 172 Å². The van der Waals surface area contributed by atoms with Crippen LogP contribution in [0.5, 0.6) is 0 Å². The van der Waals surface area contributed by atoms with Crippen molar-refractivity contribution in [2.45, 2.75) is 52.2 Å². The first kappa shape index (κ1) is 24.5. The first-order chi connectivity index (χ1) is 13.8. The number of esters is 1. The summed E-state index contributed by atoms with van der Waals surface area (Å²) in [7, 11) is 0. The molecule has 0 saturated carbocycles. The molecule has 11 heteroatoms. The number of amides is 1. The summed E-state index contributed by atoms with van der Waals surface area (Å²) in [5.41, 5.74) is -0.700. The zero-order valence-electron chi connectivity index (χ0n) is 17.1. The number of ketones is 1. The lowest BCUT2D eigenvalue weighted by atomic mass is 10.0. The van der Waals surface area contributed by atoms with Crippen LogP contribution < -0.4 is 5.32 Å². The molecule has 1 aromatic rings. The Morgan fingerprint density at radius 2 is 1.87 bits per heavy atom. The molecule has 0 fully saturated rings. The summed E-state index contributed by atoms with van der Waals surface area (Å²) in [6, 6.07) is 2.41. The molecular formula is C19H24N2O9. The van der Waals surface area contributed by atoms with Gasteiger partial charge in [0, 0.05) is 23.6 Å². The molecule has 1 amide bonds. The van der Waals surface area contributed by atoms with E-state index in [0.29, 0.717) is 0 Å². The molecule has 1 atom stereocenters. The van der Waals surface area contributed by atoms with Crippen LogP contribution >= 0.6 is 0 Å². The molecule has 11 nitrogen and oxygen atoms in total. The number of hydrogen-bond acceptors (Lipinski definition) is 8. The van der Waals surface area contributed by atoms with Crippen molar-refractivity contribution in [3.8, 4) is 0 Å². The van der Waals surface area contributed by atoms with E-state index in [1.54, 1.807) is 20.8 Å². The van der Waals surface area contributed by atoms with E-state index in [1.807, 2.05) is 0 Å². The lowest BCUT2D eigenvalue weighted by molar-refractivity contribution is -0.385. The fourth-order valence-corrected chi connectivity index (χ4v) is 2.31. The molecule has 2 N–H and O–H groups in total. The van der Waals surface area contributed by atoms with Crippen LogP contribution in [0.15, 0.2) is 18.2 Å². The van der Waals surface area contributed by atoms with E-state index in [9.17, 15) is 29.3 Å². The van der Waals surface area contributed by atoms with Crippen molar-refractivity contribution in [1.82, 2.24) is 5.32 Å². The molecule has 0 aromatic heterocycles. The fourth-order valence-electron chi connectivity index (χ4n) is 2.31. The van der Waals surface area contributed by atoms with Crippen LogP contribution in [0.25, 0.3) is 0 Å². The number of carbonyl (C=O) groups excluding carboxylic acids is 3. The second kappa shape index (κ2) is 10.3. The van der Waals surface area contributed by atoms with Crippen molar-refractivity contribution in [3.05, 3.63) is 39.4 Å². The number of carbonyl (C=O) groups is 4. The van der Waals surface area contributed by atoms with Crippen LogP contribution in [0.4, 0.5) is 10.5 Å². The average Bonchev–Trinajstić information content (AvgIpc) is 2.59. The number of nitro benzene ring substituents is 1. The third kappa shape index (κ3) is 8.25. The van der Waals surface area contributed by atoms with E-state index in [0.717, 1.165) is 6.07 Å². The van der Waals surface area contributed by atoms with E-state index in [1.165, 1.54) is 19.1 Å². The second-order valence-electron chi connectivity index (χ2n) is 7.37. The van der Waals surface area contributed by atoms with Crippen LogP contribution in [0.3, 0.4) is 0 Å². The molecule has 0 heterocycles. The fraction of sp³-hybridized carbons (Fsp3) is 0.474. The lowest BCUT2D eigenvalue weighted by Crippen LogP contribution is -2.44. The average molecular weight is 424 g/mol. The van der Waals surface area contributed by atoms with Crippen LogP contribution in [-0.2, 0) is 25.5 Å². The van der Waals surface area contributed by atoms with Gasteiger partial charge < -0.3 is 19.9 Å². The van der Waals surface area contributed by atoms with Gasteiger partial charge in [-0.05, 0) is 27.7 Å². The van der Waals surface area contributed by atoms with Gasteiger partial charge in [0.2, 0.25) is 0 Å². The number of nitro groups is 1. The molecule has 0 saturated heterocycles. The summed E-state index contributed by atoms with van der Waals surface area (Å²) >= 11 is 0. The largest absolute Gasteiger partial charge is 0.480 e. The number of rotatable bonds is 9. The molecule has 0 radical (unpaired) electrons. The number of nitrogens with one attached hydrogen (secondary N) is 1. The van der Waals surface area contributed by atoms with Gasteiger partial charge in [-0.1, -0.05) is 12.1 Å². The molecule has 1 aromatic carbocycles. The summed E-state index contributed by atoms with van der Waals surface area (Å²) in [6.45, 7) is 5.82. The lowest BCUT2D eigenvalue weighted by Gasteiger charge is -2.21. The standard InChI is InChI=1S/C19H24N2O9/c1-11(22)13-6-5-12(15(9-13)21(27)28)7-8-29-16(23)10-14(17(24)25)20-18(26)30-19(2,3)4/h5-6,9,14H,7-8,10H2,1-4H3,(H,20,26)(H,24,25)/t14-/m0/s1. The van der Waals surface area contributed by atoms with Crippen molar-refractivity contribution in [2.24, 2.45) is 0 Å². The molecule has 0 bridgehead atoms. The molecule has 0 aliphatic heterocycles. The monoisotopic (exact) mass is 424 g/mol. The highest BCUT2D eigenvalue weighted by Crippen LogP contribution is 2.21. The maximum absolute atomic E-state index is 11.9. The number of Topliss-reactive ketones (excluding diaryl/α,β-unsaturated/α-hetero) is 1. The van der Waals surface area contributed by atoms with E-state index < -0.39 is 41.0 Å². The molecular weight excluding hydrogens is 400 g/mol. The van der Waals surface area contributed by atoms with Crippen molar-refractivity contribution >= 4 is 29.5 Å². The number of hydrogen-bond donors (Lipinski definition) is 2. The van der Waals surface area contributed by atoms with Crippen LogP contribution in [0.2, 0.25) is 0 Å². The highest BCUT2D eigenvalue weighted by molar-refractivity contribution is 5.94. The molecule has 0 spiro atoms. The maximum Gasteiger partial charge on any atom is 0.408 e. The third-order valence-corrected chi connectivity index (χ3v) is 3.68. The number of nitrogens with zero attached hydrogens (tertiary/aromatic N) is 1. The third-order valence-electron chi connectivity index (χ3n) is 3.68. The molecule has 164 valence electrons. The molecule has 0 unspecified atom stereocenters. The van der Waals surface area contributed by atoms with Crippen molar-refractivity contribution in [2.75, 3.05) is 6.61 Å². The Morgan fingerprint density at radius 3 is 2.37 bits per heavy atom. The Kier molecular flexibility index (Phi) is 8.45. The molecule has 1 rings (SSSR count). The highest BCUT2D eigenvalue weighted by atomic mass is 16.6. The van der Waals surface area contributed by atoms with Gasteiger partial charge in [0.25, 0.3) is 5.69 Å². The van der Waals surface area contributed by atoms with Gasteiger partial charge in [0.1, 0.15) is 11.6 Å². The van der Waals surface area contributed by atoms with E-state index in [-0.39, 0.29) is 35.6 Å². The van der Waals surface area contributed by atoms with Crippen LogP contribution in [0, 0.1) is 10.1 Å². The molecule has 0 aliphatic carbocycles. The van der Waals surface area contributed by atoms with Crippen molar-refractivity contribution in [3.63, 3.8) is 0 Å². The number of ether oxygens (including phenoxy) is 2. The summed E-state index contributed by atoms with van der Waals surface area (Å²) in [6.07, 6.45) is -1.67. The van der Waals surface area contributed by atoms with Crippen molar-refractivity contribution < 1.29 is 38.7 Å². The maximum atomic E-state index is 11.9.